The number of aromatic nitrogens is 3. The van der Waals surface area contributed by atoms with Crippen molar-refractivity contribution in [1.82, 2.24) is 15.0 Å². The second-order valence-electron chi connectivity index (χ2n) is 4.72. The van der Waals surface area contributed by atoms with Crippen molar-refractivity contribution in [2.45, 2.75) is 25.2 Å². The van der Waals surface area contributed by atoms with Crippen LogP contribution in [0.15, 0.2) is 6.20 Å². The molecule has 1 aliphatic rings. The van der Waals surface area contributed by atoms with Crippen LogP contribution >= 0.6 is 0 Å². The van der Waals surface area contributed by atoms with E-state index in [1.54, 1.807) is 0 Å². The minimum Gasteiger partial charge on any atom is -0.475 e. The van der Waals surface area contributed by atoms with E-state index in [0.717, 1.165) is 23.8 Å². The van der Waals surface area contributed by atoms with Crippen molar-refractivity contribution in [3.63, 3.8) is 0 Å². The summed E-state index contributed by atoms with van der Waals surface area (Å²) >= 11 is 0. The number of hydrogen-bond donors (Lipinski definition) is 3. The Hall–Kier alpha value is -2.11. The molecule has 0 saturated heterocycles. The van der Waals surface area contributed by atoms with E-state index in [0.29, 0.717) is 5.65 Å². The molecule has 0 amide bonds. The number of nitrogens with two attached hydrogens (primary N) is 1. The SMILES string of the molecule is CC1(c2c[nH]c3nc(C(=O)O)nc(N)c23)CC1. The van der Waals surface area contributed by atoms with Gasteiger partial charge in [0.25, 0.3) is 0 Å². The van der Waals surface area contributed by atoms with Crippen molar-refractivity contribution in [3.05, 3.63) is 17.6 Å². The highest BCUT2D eigenvalue weighted by Crippen LogP contribution is 2.50. The lowest BCUT2D eigenvalue weighted by molar-refractivity contribution is 0.0684. The summed E-state index contributed by atoms with van der Waals surface area (Å²) in [7, 11) is 0. The van der Waals surface area contributed by atoms with Gasteiger partial charge in [-0.1, -0.05) is 6.92 Å². The molecule has 0 atom stereocenters. The first-order valence-electron chi connectivity index (χ1n) is 5.40. The molecular formula is C11H12N4O2. The first-order chi connectivity index (χ1) is 8.01. The van der Waals surface area contributed by atoms with Crippen LogP contribution in [0.5, 0.6) is 0 Å². The molecule has 0 bridgehead atoms. The maximum atomic E-state index is 10.8. The summed E-state index contributed by atoms with van der Waals surface area (Å²) in [6.07, 6.45) is 4.08. The van der Waals surface area contributed by atoms with Crippen LogP contribution in [0.25, 0.3) is 11.0 Å². The molecule has 0 aromatic carbocycles. The molecule has 3 rings (SSSR count). The summed E-state index contributed by atoms with van der Waals surface area (Å²) in [5, 5.41) is 9.61. The molecule has 0 aliphatic heterocycles. The second kappa shape index (κ2) is 2.97. The van der Waals surface area contributed by atoms with Gasteiger partial charge in [0, 0.05) is 6.20 Å². The summed E-state index contributed by atoms with van der Waals surface area (Å²) in [5.41, 5.74) is 7.55. The van der Waals surface area contributed by atoms with Crippen LogP contribution in [0.2, 0.25) is 0 Å². The number of fused-ring (bicyclic) bond motifs is 1. The van der Waals surface area contributed by atoms with Gasteiger partial charge >= 0.3 is 5.97 Å². The number of carboxylic acids is 1. The number of aromatic carboxylic acids is 1. The number of aromatic amines is 1. The molecule has 17 heavy (non-hydrogen) atoms. The lowest BCUT2D eigenvalue weighted by Gasteiger charge is -2.07. The topological polar surface area (TPSA) is 105 Å². The molecule has 1 saturated carbocycles. The minimum atomic E-state index is -1.17. The zero-order chi connectivity index (χ0) is 12.2. The first-order valence-corrected chi connectivity index (χ1v) is 5.40. The number of nitrogens with zero attached hydrogens (tertiary/aromatic N) is 2. The predicted octanol–water partition coefficient (Wildman–Crippen LogP) is 1.29. The van der Waals surface area contributed by atoms with Crippen molar-refractivity contribution in [3.8, 4) is 0 Å². The number of nitrogens with one attached hydrogen (secondary N) is 1. The van der Waals surface area contributed by atoms with Gasteiger partial charge in [-0.3, -0.25) is 0 Å². The fraction of sp³-hybridized carbons (Fsp3) is 0.364. The predicted molar refractivity (Wildman–Crippen MR) is 61.8 cm³/mol. The lowest BCUT2D eigenvalue weighted by Crippen LogP contribution is -2.08. The van der Waals surface area contributed by atoms with Gasteiger partial charge < -0.3 is 15.8 Å². The van der Waals surface area contributed by atoms with Crippen molar-refractivity contribution in [2.24, 2.45) is 0 Å². The normalized spacial score (nSPS) is 17.2. The zero-order valence-corrected chi connectivity index (χ0v) is 9.32. The van der Waals surface area contributed by atoms with Gasteiger partial charge in [0.2, 0.25) is 5.82 Å². The quantitative estimate of drug-likeness (QED) is 0.723. The Morgan fingerprint density at radius 3 is 2.82 bits per heavy atom. The number of H-pyrrole nitrogens is 1. The van der Waals surface area contributed by atoms with E-state index < -0.39 is 5.97 Å². The third-order valence-corrected chi connectivity index (χ3v) is 3.40. The monoisotopic (exact) mass is 232 g/mol. The number of carboxylic acid groups (broad SMARTS) is 1. The van der Waals surface area contributed by atoms with Gasteiger partial charge in [-0.2, -0.15) is 0 Å². The average Bonchev–Trinajstić information content (AvgIpc) is 2.86. The van der Waals surface area contributed by atoms with E-state index >= 15 is 0 Å². The second-order valence-corrected chi connectivity index (χ2v) is 4.72. The molecule has 0 radical (unpaired) electrons. The van der Waals surface area contributed by atoms with Crippen LogP contribution in [0.1, 0.15) is 35.9 Å². The lowest BCUT2D eigenvalue weighted by atomic mass is 9.99. The smallest absolute Gasteiger partial charge is 0.374 e. The largest absolute Gasteiger partial charge is 0.475 e. The van der Waals surface area contributed by atoms with Crippen LogP contribution in [0, 0.1) is 0 Å². The van der Waals surface area contributed by atoms with Crippen molar-refractivity contribution in [2.75, 3.05) is 5.73 Å². The van der Waals surface area contributed by atoms with Crippen LogP contribution in [-0.4, -0.2) is 26.0 Å². The minimum absolute atomic E-state index is 0.139. The van der Waals surface area contributed by atoms with E-state index in [9.17, 15) is 4.79 Å². The summed E-state index contributed by atoms with van der Waals surface area (Å²) in [4.78, 5) is 21.6. The highest BCUT2D eigenvalue weighted by molar-refractivity contribution is 5.94. The standard InChI is InChI=1S/C11H12N4O2/c1-11(2-3-11)5-4-13-8-6(5)7(12)14-9(15-8)10(16)17/h4H,2-3H2,1H3,(H,16,17)(H3,12,13,14,15). The number of anilines is 1. The van der Waals surface area contributed by atoms with Crippen molar-refractivity contribution < 1.29 is 9.90 Å². The summed E-state index contributed by atoms with van der Waals surface area (Å²) in [6, 6.07) is 0. The van der Waals surface area contributed by atoms with E-state index in [1.165, 1.54) is 0 Å². The zero-order valence-electron chi connectivity index (χ0n) is 9.32. The molecule has 0 spiro atoms. The third-order valence-electron chi connectivity index (χ3n) is 3.40. The number of carbonyl (C=O) groups is 1. The van der Waals surface area contributed by atoms with Crippen LogP contribution in [0.3, 0.4) is 0 Å². The van der Waals surface area contributed by atoms with Gasteiger partial charge in [0.1, 0.15) is 11.5 Å². The average molecular weight is 232 g/mol. The Balaban J connectivity index is 2.27. The van der Waals surface area contributed by atoms with Gasteiger partial charge in [0.15, 0.2) is 0 Å². The molecule has 1 fully saturated rings. The van der Waals surface area contributed by atoms with Crippen LogP contribution < -0.4 is 5.73 Å². The Morgan fingerprint density at radius 2 is 2.24 bits per heavy atom. The fourth-order valence-electron chi connectivity index (χ4n) is 2.09. The third kappa shape index (κ3) is 1.37. The van der Waals surface area contributed by atoms with Gasteiger partial charge in [0.05, 0.1) is 5.39 Å². The molecular weight excluding hydrogens is 220 g/mol. The maximum Gasteiger partial charge on any atom is 0.374 e. The molecule has 2 aromatic rings. The van der Waals surface area contributed by atoms with E-state index in [1.807, 2.05) is 6.20 Å². The summed E-state index contributed by atoms with van der Waals surface area (Å²) in [6.45, 7) is 2.15. The van der Waals surface area contributed by atoms with Gasteiger partial charge in [-0.15, -0.1) is 0 Å². The Bertz CT molecular complexity index is 628. The molecule has 1 aliphatic carbocycles. The highest BCUT2D eigenvalue weighted by atomic mass is 16.4. The molecule has 6 heteroatoms. The fourth-order valence-corrected chi connectivity index (χ4v) is 2.09. The van der Waals surface area contributed by atoms with Gasteiger partial charge in [-0.25, -0.2) is 14.8 Å². The first kappa shape index (κ1) is 10.1. The molecule has 2 heterocycles. The van der Waals surface area contributed by atoms with Crippen molar-refractivity contribution in [1.29, 1.82) is 0 Å². The van der Waals surface area contributed by atoms with E-state index in [2.05, 4.69) is 21.9 Å². The molecule has 4 N–H and O–H groups in total. The molecule has 2 aromatic heterocycles. The number of rotatable bonds is 2. The Kier molecular flexibility index (Phi) is 1.76. The van der Waals surface area contributed by atoms with E-state index in [4.69, 9.17) is 10.8 Å². The Labute approximate surface area is 96.9 Å². The summed E-state index contributed by atoms with van der Waals surface area (Å²) < 4.78 is 0. The number of hydrogen-bond acceptors (Lipinski definition) is 4. The van der Waals surface area contributed by atoms with E-state index in [-0.39, 0.29) is 17.1 Å². The van der Waals surface area contributed by atoms with Crippen LogP contribution in [0.4, 0.5) is 5.82 Å². The van der Waals surface area contributed by atoms with Crippen molar-refractivity contribution >= 4 is 22.8 Å². The van der Waals surface area contributed by atoms with Gasteiger partial charge in [-0.05, 0) is 23.8 Å². The molecule has 88 valence electrons. The highest BCUT2D eigenvalue weighted by Gasteiger charge is 2.41. The Morgan fingerprint density at radius 1 is 1.53 bits per heavy atom. The summed E-state index contributed by atoms with van der Waals surface area (Å²) in [5.74, 6) is -1.21. The number of nitrogen functional groups attached to an aromatic ring is 1. The maximum absolute atomic E-state index is 10.8. The van der Waals surface area contributed by atoms with Crippen LogP contribution in [-0.2, 0) is 5.41 Å². The molecule has 0 unspecified atom stereocenters. The molecule has 6 nitrogen and oxygen atoms in total.